The monoisotopic (exact) mass is 393 g/mol. The molecule has 3 nitrogen and oxygen atoms in total. The fourth-order valence-electron chi connectivity index (χ4n) is 2.13. The van der Waals surface area contributed by atoms with Crippen molar-refractivity contribution in [3.63, 3.8) is 0 Å². The number of aromatic carboxylic acids is 1. The summed E-state index contributed by atoms with van der Waals surface area (Å²) in [4.78, 5) is 12.1. The van der Waals surface area contributed by atoms with E-state index in [1.165, 1.54) is 4.90 Å². The number of benzene rings is 2. The molecule has 0 aromatic heterocycles. The van der Waals surface area contributed by atoms with Crippen LogP contribution in [0.3, 0.4) is 0 Å². The third-order valence-electron chi connectivity index (χ3n) is 3.29. The molecule has 0 saturated heterocycles. The number of carbonyl (C=O) groups is 1. The second kappa shape index (κ2) is 7.99. The number of rotatable bonds is 7. The summed E-state index contributed by atoms with van der Waals surface area (Å²) >= 11 is 5.28. The Morgan fingerprint density at radius 2 is 1.74 bits per heavy atom. The molecule has 0 radical (unpaired) electrons. The molecule has 0 unspecified atom stereocenters. The Bertz CT molecular complexity index is 654. The molecule has 0 aliphatic carbocycles. The van der Waals surface area contributed by atoms with Crippen LogP contribution in [0.5, 0.6) is 0 Å². The van der Waals surface area contributed by atoms with Gasteiger partial charge in [0.1, 0.15) is 0 Å². The van der Waals surface area contributed by atoms with Gasteiger partial charge in [0, 0.05) is 27.2 Å². The van der Waals surface area contributed by atoms with Gasteiger partial charge in [0.25, 0.3) is 0 Å². The highest BCUT2D eigenvalue weighted by Gasteiger charge is 2.19. The lowest BCUT2D eigenvalue weighted by molar-refractivity contribution is 0.0697. The van der Waals surface area contributed by atoms with Crippen molar-refractivity contribution in [2.45, 2.75) is 30.0 Å². The average Bonchev–Trinajstić information content (AvgIpc) is 2.50. The average molecular weight is 394 g/mol. The quantitative estimate of drug-likeness (QED) is 0.662. The number of carboxylic acid groups (broad SMARTS) is 1. The molecule has 0 saturated carbocycles. The molecule has 0 aliphatic heterocycles. The lowest BCUT2D eigenvalue weighted by Gasteiger charge is -2.24. The summed E-state index contributed by atoms with van der Waals surface area (Å²) in [5, 5.41) is 12.3. The van der Waals surface area contributed by atoms with E-state index >= 15 is 0 Å². The highest BCUT2D eigenvalue weighted by atomic mass is 79.9. The molecule has 5 heteroatoms. The molecule has 2 aromatic rings. The Kier molecular flexibility index (Phi) is 6.27. The fraction of sp³-hybridized carbons (Fsp3) is 0.278. The van der Waals surface area contributed by atoms with Gasteiger partial charge in [-0.15, -0.1) is 11.8 Å². The standard InChI is InChI=1S/C18H20BrNO2S/c1-18(2,23-16-9-7-15(19)8-10-16)12-20-11-13-3-5-14(6-4-13)17(21)22/h3-10,20H,11-12H2,1-2H3,(H,21,22). The van der Waals surface area contributed by atoms with Crippen LogP contribution < -0.4 is 5.32 Å². The van der Waals surface area contributed by atoms with Gasteiger partial charge in [-0.2, -0.15) is 0 Å². The van der Waals surface area contributed by atoms with Gasteiger partial charge in [-0.05, 0) is 55.8 Å². The summed E-state index contributed by atoms with van der Waals surface area (Å²) in [6.45, 7) is 6.00. The minimum absolute atomic E-state index is 0.0643. The maximum Gasteiger partial charge on any atom is 0.335 e. The van der Waals surface area contributed by atoms with E-state index in [-0.39, 0.29) is 4.75 Å². The second-order valence-electron chi connectivity index (χ2n) is 5.92. The summed E-state index contributed by atoms with van der Waals surface area (Å²) < 4.78 is 1.15. The molecule has 2 N–H and O–H groups in total. The molecule has 0 fully saturated rings. The van der Waals surface area contributed by atoms with Crippen molar-refractivity contribution in [3.8, 4) is 0 Å². The third-order valence-corrected chi connectivity index (χ3v) is 5.02. The lowest BCUT2D eigenvalue weighted by atomic mass is 10.1. The molecule has 23 heavy (non-hydrogen) atoms. The Morgan fingerprint density at radius 1 is 1.13 bits per heavy atom. The summed E-state index contributed by atoms with van der Waals surface area (Å²) in [5.74, 6) is -0.892. The van der Waals surface area contributed by atoms with E-state index in [1.807, 2.05) is 23.9 Å². The minimum atomic E-state index is -0.892. The van der Waals surface area contributed by atoms with Crippen LogP contribution in [0, 0.1) is 0 Å². The first-order valence-electron chi connectivity index (χ1n) is 7.33. The number of hydrogen-bond donors (Lipinski definition) is 2. The molecule has 0 amide bonds. The van der Waals surface area contributed by atoms with Crippen LogP contribution in [0.25, 0.3) is 0 Å². The highest BCUT2D eigenvalue weighted by molar-refractivity contribution is 9.10. The SMILES string of the molecule is CC(C)(CNCc1ccc(C(=O)O)cc1)Sc1ccc(Br)cc1. The van der Waals surface area contributed by atoms with E-state index in [1.54, 1.807) is 12.1 Å². The largest absolute Gasteiger partial charge is 0.478 e. The van der Waals surface area contributed by atoms with Crippen LogP contribution in [-0.2, 0) is 6.54 Å². The summed E-state index contributed by atoms with van der Waals surface area (Å²) in [6, 6.07) is 15.3. The van der Waals surface area contributed by atoms with Crippen LogP contribution in [0.15, 0.2) is 57.9 Å². The maximum atomic E-state index is 10.8. The summed E-state index contributed by atoms with van der Waals surface area (Å²) in [7, 11) is 0. The predicted molar refractivity (Wildman–Crippen MR) is 99.2 cm³/mol. The van der Waals surface area contributed by atoms with Crippen LogP contribution in [0.4, 0.5) is 0 Å². The minimum Gasteiger partial charge on any atom is -0.478 e. The van der Waals surface area contributed by atoms with E-state index in [4.69, 9.17) is 5.11 Å². The normalized spacial score (nSPS) is 11.4. The van der Waals surface area contributed by atoms with Gasteiger partial charge in [-0.1, -0.05) is 28.1 Å². The lowest BCUT2D eigenvalue weighted by Crippen LogP contribution is -2.31. The Balaban J connectivity index is 1.84. The van der Waals surface area contributed by atoms with Crippen molar-refractivity contribution in [1.82, 2.24) is 5.32 Å². The smallest absolute Gasteiger partial charge is 0.335 e. The molecule has 0 bridgehead atoms. The van der Waals surface area contributed by atoms with Gasteiger partial charge in [0.2, 0.25) is 0 Å². The van der Waals surface area contributed by atoms with Gasteiger partial charge in [-0.25, -0.2) is 4.79 Å². The van der Waals surface area contributed by atoms with Crippen LogP contribution in [-0.4, -0.2) is 22.4 Å². The van der Waals surface area contributed by atoms with Crippen LogP contribution >= 0.6 is 27.7 Å². The molecule has 0 spiro atoms. The van der Waals surface area contributed by atoms with Gasteiger partial charge in [0.15, 0.2) is 0 Å². The molecule has 0 aliphatic rings. The van der Waals surface area contributed by atoms with Crippen molar-refractivity contribution >= 4 is 33.7 Å². The van der Waals surface area contributed by atoms with Crippen molar-refractivity contribution in [2.75, 3.05) is 6.54 Å². The van der Waals surface area contributed by atoms with E-state index in [0.29, 0.717) is 5.56 Å². The van der Waals surface area contributed by atoms with Gasteiger partial charge >= 0.3 is 5.97 Å². The van der Waals surface area contributed by atoms with E-state index in [9.17, 15) is 4.79 Å². The molecular weight excluding hydrogens is 374 g/mol. The van der Waals surface area contributed by atoms with Crippen molar-refractivity contribution < 1.29 is 9.90 Å². The highest BCUT2D eigenvalue weighted by Crippen LogP contribution is 2.32. The number of hydrogen-bond acceptors (Lipinski definition) is 3. The van der Waals surface area contributed by atoms with Crippen molar-refractivity contribution in [1.29, 1.82) is 0 Å². The molecule has 2 rings (SSSR count). The zero-order valence-electron chi connectivity index (χ0n) is 13.2. The van der Waals surface area contributed by atoms with Crippen molar-refractivity contribution in [3.05, 3.63) is 64.1 Å². The molecule has 0 heterocycles. The van der Waals surface area contributed by atoms with Gasteiger partial charge in [0.05, 0.1) is 5.56 Å². The number of nitrogens with one attached hydrogen (secondary N) is 1. The molecule has 2 aromatic carbocycles. The molecular formula is C18H20BrNO2S. The Morgan fingerprint density at radius 3 is 2.30 bits per heavy atom. The first-order chi connectivity index (χ1) is 10.9. The van der Waals surface area contributed by atoms with Crippen LogP contribution in [0.2, 0.25) is 0 Å². The van der Waals surface area contributed by atoms with Crippen LogP contribution in [0.1, 0.15) is 29.8 Å². The second-order valence-corrected chi connectivity index (χ2v) is 8.62. The van der Waals surface area contributed by atoms with Crippen molar-refractivity contribution in [2.24, 2.45) is 0 Å². The topological polar surface area (TPSA) is 49.3 Å². The van der Waals surface area contributed by atoms with E-state index < -0.39 is 5.97 Å². The third kappa shape index (κ3) is 6.01. The first-order valence-corrected chi connectivity index (χ1v) is 8.94. The molecule has 0 atom stereocenters. The fourth-order valence-corrected chi connectivity index (χ4v) is 3.48. The predicted octanol–water partition coefficient (Wildman–Crippen LogP) is 4.81. The van der Waals surface area contributed by atoms with E-state index in [2.05, 4.69) is 59.4 Å². The molecule has 122 valence electrons. The zero-order valence-corrected chi connectivity index (χ0v) is 15.6. The number of thioether (sulfide) groups is 1. The summed E-state index contributed by atoms with van der Waals surface area (Å²) in [5.41, 5.74) is 1.40. The van der Waals surface area contributed by atoms with Gasteiger partial charge < -0.3 is 10.4 Å². The van der Waals surface area contributed by atoms with Gasteiger partial charge in [-0.3, -0.25) is 0 Å². The summed E-state index contributed by atoms with van der Waals surface area (Å²) in [6.07, 6.45) is 0. The number of carboxylic acids is 1. The van der Waals surface area contributed by atoms with E-state index in [0.717, 1.165) is 23.1 Å². The zero-order chi connectivity index (χ0) is 16.9. The first kappa shape index (κ1) is 18.0. The maximum absolute atomic E-state index is 10.8. The Labute approximate surface area is 149 Å². The number of halogens is 1. The Hall–Kier alpha value is -1.30.